The molecular formula is C17H17N3O. The molecule has 0 aliphatic carbocycles. The number of hydrogen-bond donors (Lipinski definition) is 1. The lowest BCUT2D eigenvalue weighted by Gasteiger charge is -2.18. The molecule has 3 rings (SSSR count). The van der Waals surface area contributed by atoms with Crippen LogP contribution in [0.2, 0.25) is 0 Å². The molecule has 1 N–H and O–H groups in total. The maximum absolute atomic E-state index is 5.31. The van der Waals surface area contributed by atoms with Crippen LogP contribution in [0.15, 0.2) is 54.9 Å². The van der Waals surface area contributed by atoms with Crippen LogP contribution >= 0.6 is 0 Å². The minimum Gasteiger partial charge on any atom is -0.497 e. The summed E-state index contributed by atoms with van der Waals surface area (Å²) in [7, 11) is 3.63. The molecule has 0 spiro atoms. The zero-order chi connectivity index (χ0) is 14.7. The molecule has 1 atom stereocenters. The standard InChI is InChI=1S/C17H17N3O/c1-18-17(12-4-3-5-14(10-12)21-2)13-6-7-15-16(11-13)20-9-8-19-15/h3-11,17-18H,1-2H3. The van der Waals surface area contributed by atoms with Crippen LogP contribution in [-0.4, -0.2) is 24.1 Å². The van der Waals surface area contributed by atoms with Crippen molar-refractivity contribution in [3.8, 4) is 5.75 Å². The van der Waals surface area contributed by atoms with Gasteiger partial charge in [-0.05, 0) is 42.4 Å². The molecule has 0 aliphatic heterocycles. The molecule has 0 saturated carbocycles. The first kappa shape index (κ1) is 13.5. The fourth-order valence-corrected chi connectivity index (χ4v) is 2.51. The molecule has 4 heteroatoms. The number of fused-ring (bicyclic) bond motifs is 1. The van der Waals surface area contributed by atoms with E-state index >= 15 is 0 Å². The molecule has 0 radical (unpaired) electrons. The maximum atomic E-state index is 5.31. The van der Waals surface area contributed by atoms with Crippen LogP contribution in [0.25, 0.3) is 11.0 Å². The van der Waals surface area contributed by atoms with Gasteiger partial charge in [-0.15, -0.1) is 0 Å². The molecular weight excluding hydrogens is 262 g/mol. The van der Waals surface area contributed by atoms with Gasteiger partial charge in [0.15, 0.2) is 0 Å². The molecule has 4 nitrogen and oxygen atoms in total. The predicted molar refractivity (Wildman–Crippen MR) is 83.4 cm³/mol. The van der Waals surface area contributed by atoms with Crippen LogP contribution in [0.3, 0.4) is 0 Å². The monoisotopic (exact) mass is 279 g/mol. The van der Waals surface area contributed by atoms with Crippen molar-refractivity contribution in [1.82, 2.24) is 15.3 Å². The summed E-state index contributed by atoms with van der Waals surface area (Å²) in [4.78, 5) is 8.68. The Hall–Kier alpha value is -2.46. The van der Waals surface area contributed by atoms with Crippen LogP contribution in [0, 0.1) is 0 Å². The van der Waals surface area contributed by atoms with E-state index in [1.807, 2.05) is 31.3 Å². The number of ether oxygens (including phenoxy) is 1. The van der Waals surface area contributed by atoms with Crippen LogP contribution in [-0.2, 0) is 0 Å². The van der Waals surface area contributed by atoms with E-state index < -0.39 is 0 Å². The Balaban J connectivity index is 2.04. The lowest BCUT2D eigenvalue weighted by Crippen LogP contribution is -2.17. The molecule has 0 amide bonds. The number of rotatable bonds is 4. The molecule has 0 bridgehead atoms. The van der Waals surface area contributed by atoms with Crippen molar-refractivity contribution >= 4 is 11.0 Å². The molecule has 0 fully saturated rings. The van der Waals surface area contributed by atoms with E-state index in [-0.39, 0.29) is 6.04 Å². The number of hydrogen-bond acceptors (Lipinski definition) is 4. The maximum Gasteiger partial charge on any atom is 0.119 e. The Kier molecular flexibility index (Phi) is 3.79. The normalized spacial score (nSPS) is 12.3. The Morgan fingerprint density at radius 3 is 2.48 bits per heavy atom. The molecule has 0 saturated heterocycles. The van der Waals surface area contributed by atoms with Crippen molar-refractivity contribution in [1.29, 1.82) is 0 Å². The second-order valence-corrected chi connectivity index (χ2v) is 4.80. The predicted octanol–water partition coefficient (Wildman–Crippen LogP) is 2.95. The average molecular weight is 279 g/mol. The first-order chi connectivity index (χ1) is 10.3. The number of benzene rings is 2. The van der Waals surface area contributed by atoms with Crippen LogP contribution < -0.4 is 10.1 Å². The summed E-state index contributed by atoms with van der Waals surface area (Å²) >= 11 is 0. The van der Waals surface area contributed by atoms with Crippen molar-refractivity contribution in [2.75, 3.05) is 14.2 Å². The Bertz CT molecular complexity index is 758. The summed E-state index contributed by atoms with van der Waals surface area (Å²) in [5.74, 6) is 0.855. The number of nitrogens with zero attached hydrogens (tertiary/aromatic N) is 2. The Morgan fingerprint density at radius 2 is 1.71 bits per heavy atom. The van der Waals surface area contributed by atoms with E-state index in [0.717, 1.165) is 27.9 Å². The van der Waals surface area contributed by atoms with Gasteiger partial charge in [-0.3, -0.25) is 9.97 Å². The quantitative estimate of drug-likeness (QED) is 0.797. The molecule has 0 aliphatic rings. The largest absolute Gasteiger partial charge is 0.497 e. The van der Waals surface area contributed by atoms with E-state index in [9.17, 15) is 0 Å². The van der Waals surface area contributed by atoms with Gasteiger partial charge in [0.2, 0.25) is 0 Å². The SMILES string of the molecule is CNC(c1cccc(OC)c1)c1ccc2nccnc2c1. The third kappa shape index (κ3) is 2.71. The summed E-state index contributed by atoms with van der Waals surface area (Å²) in [6.45, 7) is 0. The van der Waals surface area contributed by atoms with Gasteiger partial charge in [-0.2, -0.15) is 0 Å². The summed E-state index contributed by atoms with van der Waals surface area (Å²) in [6, 6.07) is 14.3. The van der Waals surface area contributed by atoms with E-state index in [1.54, 1.807) is 19.5 Å². The molecule has 1 heterocycles. The van der Waals surface area contributed by atoms with E-state index in [2.05, 4.69) is 33.5 Å². The van der Waals surface area contributed by atoms with Crippen LogP contribution in [0.4, 0.5) is 0 Å². The van der Waals surface area contributed by atoms with Crippen molar-refractivity contribution < 1.29 is 4.74 Å². The summed E-state index contributed by atoms with van der Waals surface area (Å²) < 4.78 is 5.31. The molecule has 1 unspecified atom stereocenters. The van der Waals surface area contributed by atoms with Crippen molar-refractivity contribution in [2.45, 2.75) is 6.04 Å². The lowest BCUT2D eigenvalue weighted by molar-refractivity contribution is 0.414. The minimum atomic E-state index is 0.0894. The topological polar surface area (TPSA) is 47.0 Å². The molecule has 2 aromatic carbocycles. The summed E-state index contributed by atoms with van der Waals surface area (Å²) in [5, 5.41) is 3.35. The zero-order valence-corrected chi connectivity index (χ0v) is 12.1. The van der Waals surface area contributed by atoms with Crippen LogP contribution in [0.5, 0.6) is 5.75 Å². The van der Waals surface area contributed by atoms with Crippen molar-refractivity contribution in [3.05, 3.63) is 66.0 Å². The van der Waals surface area contributed by atoms with Gasteiger partial charge in [0.05, 0.1) is 24.2 Å². The number of aromatic nitrogens is 2. The highest BCUT2D eigenvalue weighted by atomic mass is 16.5. The van der Waals surface area contributed by atoms with Gasteiger partial charge >= 0.3 is 0 Å². The highest BCUT2D eigenvalue weighted by molar-refractivity contribution is 5.74. The van der Waals surface area contributed by atoms with Gasteiger partial charge < -0.3 is 10.1 Å². The highest BCUT2D eigenvalue weighted by Gasteiger charge is 2.13. The second kappa shape index (κ2) is 5.89. The number of nitrogens with one attached hydrogen (secondary N) is 1. The summed E-state index contributed by atoms with van der Waals surface area (Å²) in [6.07, 6.45) is 3.42. The second-order valence-electron chi connectivity index (χ2n) is 4.80. The molecule has 1 aromatic heterocycles. The smallest absolute Gasteiger partial charge is 0.119 e. The van der Waals surface area contributed by atoms with Crippen molar-refractivity contribution in [3.63, 3.8) is 0 Å². The Morgan fingerprint density at radius 1 is 0.952 bits per heavy atom. The van der Waals surface area contributed by atoms with Gasteiger partial charge in [-0.1, -0.05) is 18.2 Å². The Labute approximate surface area is 123 Å². The van der Waals surface area contributed by atoms with Crippen molar-refractivity contribution in [2.24, 2.45) is 0 Å². The van der Waals surface area contributed by atoms with E-state index in [4.69, 9.17) is 4.74 Å². The lowest BCUT2D eigenvalue weighted by atomic mass is 9.98. The summed E-state index contributed by atoms with van der Waals surface area (Å²) in [5.41, 5.74) is 4.11. The third-order valence-electron chi connectivity index (χ3n) is 3.54. The van der Waals surface area contributed by atoms with Gasteiger partial charge in [-0.25, -0.2) is 0 Å². The molecule has 21 heavy (non-hydrogen) atoms. The van der Waals surface area contributed by atoms with E-state index in [0.29, 0.717) is 0 Å². The fourth-order valence-electron chi connectivity index (χ4n) is 2.51. The van der Waals surface area contributed by atoms with E-state index in [1.165, 1.54) is 0 Å². The fraction of sp³-hybridized carbons (Fsp3) is 0.176. The first-order valence-corrected chi connectivity index (χ1v) is 6.83. The number of methoxy groups -OCH3 is 1. The molecule has 106 valence electrons. The minimum absolute atomic E-state index is 0.0894. The van der Waals surface area contributed by atoms with Gasteiger partial charge in [0.25, 0.3) is 0 Å². The first-order valence-electron chi connectivity index (χ1n) is 6.83. The molecule has 3 aromatic rings. The van der Waals surface area contributed by atoms with Gasteiger partial charge in [0.1, 0.15) is 5.75 Å². The van der Waals surface area contributed by atoms with Gasteiger partial charge in [0, 0.05) is 12.4 Å². The van der Waals surface area contributed by atoms with Crippen LogP contribution in [0.1, 0.15) is 17.2 Å². The third-order valence-corrected chi connectivity index (χ3v) is 3.54. The highest BCUT2D eigenvalue weighted by Crippen LogP contribution is 2.26. The zero-order valence-electron chi connectivity index (χ0n) is 12.1. The average Bonchev–Trinajstić information content (AvgIpc) is 2.56.